The van der Waals surface area contributed by atoms with Crippen LogP contribution in [0.4, 0.5) is 0 Å². The van der Waals surface area contributed by atoms with Crippen LogP contribution >= 0.6 is 11.8 Å². The van der Waals surface area contributed by atoms with E-state index in [2.05, 4.69) is 5.32 Å². The van der Waals surface area contributed by atoms with E-state index < -0.39 is 0 Å². The summed E-state index contributed by atoms with van der Waals surface area (Å²) < 4.78 is 6.86. The Bertz CT molecular complexity index is 1090. The summed E-state index contributed by atoms with van der Waals surface area (Å²) >= 11 is 1.28. The van der Waals surface area contributed by atoms with Gasteiger partial charge >= 0.3 is 0 Å². The lowest BCUT2D eigenvalue weighted by atomic mass is 10.2. The summed E-state index contributed by atoms with van der Waals surface area (Å²) in [6.45, 7) is 1.83. The molecular formula is C21H21N3O3S. The monoisotopic (exact) mass is 395 g/mol. The largest absolute Gasteiger partial charge is 0.497 e. The molecular weight excluding hydrogens is 374 g/mol. The van der Waals surface area contributed by atoms with Crippen molar-refractivity contribution in [2.24, 2.45) is 0 Å². The number of aromatic nitrogens is 2. The third-order valence-corrected chi connectivity index (χ3v) is 5.68. The van der Waals surface area contributed by atoms with Gasteiger partial charge in [0.15, 0.2) is 5.16 Å². The van der Waals surface area contributed by atoms with Crippen molar-refractivity contribution in [1.82, 2.24) is 14.9 Å². The van der Waals surface area contributed by atoms with Gasteiger partial charge < -0.3 is 10.1 Å². The van der Waals surface area contributed by atoms with Gasteiger partial charge in [0.05, 0.1) is 29.0 Å². The molecule has 1 aliphatic carbocycles. The van der Waals surface area contributed by atoms with Gasteiger partial charge in [0.1, 0.15) is 5.75 Å². The third kappa shape index (κ3) is 3.75. The predicted molar refractivity (Wildman–Crippen MR) is 110 cm³/mol. The van der Waals surface area contributed by atoms with Gasteiger partial charge in [-0.3, -0.25) is 14.2 Å². The van der Waals surface area contributed by atoms with Crippen LogP contribution in [0, 0.1) is 0 Å². The van der Waals surface area contributed by atoms with Crippen LogP contribution in [0.5, 0.6) is 5.75 Å². The number of ether oxygens (including phenoxy) is 1. The molecule has 1 unspecified atom stereocenters. The molecule has 0 radical (unpaired) electrons. The molecule has 1 fully saturated rings. The van der Waals surface area contributed by atoms with Gasteiger partial charge in [-0.15, -0.1) is 0 Å². The number of methoxy groups -OCH3 is 1. The van der Waals surface area contributed by atoms with Gasteiger partial charge in [0.2, 0.25) is 5.91 Å². The molecule has 0 aliphatic heterocycles. The van der Waals surface area contributed by atoms with Gasteiger partial charge in [-0.25, -0.2) is 4.98 Å². The molecule has 3 aromatic rings. The molecule has 1 amide bonds. The number of carbonyl (C=O) groups excluding carboxylic acids is 1. The second-order valence-corrected chi connectivity index (χ2v) is 8.10. The highest BCUT2D eigenvalue weighted by atomic mass is 32.2. The molecule has 1 heterocycles. The number of fused-ring (bicyclic) bond motifs is 1. The van der Waals surface area contributed by atoms with Gasteiger partial charge in [-0.1, -0.05) is 30.0 Å². The summed E-state index contributed by atoms with van der Waals surface area (Å²) in [5.74, 6) is 0.611. The number of carbonyl (C=O) groups is 1. The van der Waals surface area contributed by atoms with E-state index in [9.17, 15) is 9.59 Å². The fourth-order valence-corrected chi connectivity index (χ4v) is 3.86. The normalized spacial score (nSPS) is 14.6. The molecule has 1 N–H and O–H groups in total. The highest BCUT2D eigenvalue weighted by Gasteiger charge is 2.27. The molecule has 2 aromatic carbocycles. The van der Waals surface area contributed by atoms with E-state index in [1.807, 2.05) is 43.3 Å². The lowest BCUT2D eigenvalue weighted by Crippen LogP contribution is -2.33. The van der Waals surface area contributed by atoms with Gasteiger partial charge in [0, 0.05) is 12.1 Å². The minimum atomic E-state index is -0.370. The smallest absolute Gasteiger partial charge is 0.266 e. The Morgan fingerprint density at radius 2 is 2.04 bits per heavy atom. The number of amides is 1. The summed E-state index contributed by atoms with van der Waals surface area (Å²) in [5, 5.41) is 3.65. The summed E-state index contributed by atoms with van der Waals surface area (Å²) in [6.07, 6.45) is 2.07. The average Bonchev–Trinajstić information content (AvgIpc) is 3.52. The molecule has 7 heteroatoms. The zero-order valence-electron chi connectivity index (χ0n) is 15.7. The van der Waals surface area contributed by atoms with Crippen molar-refractivity contribution < 1.29 is 9.53 Å². The number of rotatable bonds is 6. The molecule has 0 bridgehead atoms. The van der Waals surface area contributed by atoms with E-state index in [-0.39, 0.29) is 16.7 Å². The predicted octanol–water partition coefficient (Wildman–Crippen LogP) is 3.15. The first kappa shape index (κ1) is 18.6. The number of thioether (sulfide) groups is 1. The lowest BCUT2D eigenvalue weighted by Gasteiger charge is -2.16. The maximum Gasteiger partial charge on any atom is 0.266 e. The van der Waals surface area contributed by atoms with Crippen LogP contribution in [0.25, 0.3) is 16.6 Å². The Labute approximate surface area is 166 Å². The van der Waals surface area contributed by atoms with E-state index in [0.29, 0.717) is 33.5 Å². The molecule has 144 valence electrons. The van der Waals surface area contributed by atoms with E-state index in [4.69, 9.17) is 9.72 Å². The van der Waals surface area contributed by atoms with Crippen LogP contribution in [0.15, 0.2) is 58.5 Å². The number of hydrogen-bond donors (Lipinski definition) is 1. The maximum absolute atomic E-state index is 13.3. The highest BCUT2D eigenvalue weighted by Crippen LogP contribution is 2.27. The van der Waals surface area contributed by atoms with Crippen LogP contribution in [-0.4, -0.2) is 33.9 Å². The minimum absolute atomic E-state index is 0.0351. The first-order valence-electron chi connectivity index (χ1n) is 9.20. The lowest BCUT2D eigenvalue weighted by molar-refractivity contribution is -0.120. The van der Waals surface area contributed by atoms with Gasteiger partial charge in [0.25, 0.3) is 5.56 Å². The van der Waals surface area contributed by atoms with Crippen molar-refractivity contribution in [3.8, 4) is 11.4 Å². The molecule has 0 saturated heterocycles. The van der Waals surface area contributed by atoms with E-state index in [1.165, 1.54) is 11.8 Å². The number of benzene rings is 2. The SMILES string of the molecule is COc1cccc(-n2c(SC(C)C(=O)NC3CC3)nc3ccccc3c2=O)c1. The average molecular weight is 395 g/mol. The first-order chi connectivity index (χ1) is 13.6. The molecule has 6 nitrogen and oxygen atoms in total. The number of nitrogens with zero attached hydrogens (tertiary/aromatic N) is 2. The van der Waals surface area contributed by atoms with Crippen LogP contribution in [-0.2, 0) is 4.79 Å². The molecule has 28 heavy (non-hydrogen) atoms. The van der Waals surface area contributed by atoms with E-state index in [1.54, 1.807) is 23.8 Å². The number of para-hydroxylation sites is 1. The quantitative estimate of drug-likeness (QED) is 0.513. The van der Waals surface area contributed by atoms with Crippen molar-refractivity contribution in [2.45, 2.75) is 36.2 Å². The molecule has 1 aromatic heterocycles. The van der Waals surface area contributed by atoms with Crippen molar-refractivity contribution in [3.63, 3.8) is 0 Å². The van der Waals surface area contributed by atoms with Crippen molar-refractivity contribution in [3.05, 3.63) is 58.9 Å². The molecule has 4 rings (SSSR count). The highest BCUT2D eigenvalue weighted by molar-refractivity contribution is 8.00. The van der Waals surface area contributed by atoms with Crippen molar-refractivity contribution in [1.29, 1.82) is 0 Å². The second-order valence-electron chi connectivity index (χ2n) is 6.80. The van der Waals surface area contributed by atoms with Crippen LogP contribution in [0.2, 0.25) is 0 Å². The third-order valence-electron chi connectivity index (χ3n) is 4.63. The van der Waals surface area contributed by atoms with Crippen LogP contribution in [0.1, 0.15) is 19.8 Å². The van der Waals surface area contributed by atoms with E-state index >= 15 is 0 Å². The summed E-state index contributed by atoms with van der Waals surface area (Å²) in [5.41, 5.74) is 1.10. The summed E-state index contributed by atoms with van der Waals surface area (Å²) in [4.78, 5) is 30.4. The zero-order valence-corrected chi connectivity index (χ0v) is 16.5. The minimum Gasteiger partial charge on any atom is -0.497 e. The number of nitrogens with one attached hydrogen (secondary N) is 1. The second kappa shape index (κ2) is 7.67. The topological polar surface area (TPSA) is 73.2 Å². The van der Waals surface area contributed by atoms with E-state index in [0.717, 1.165) is 12.8 Å². The zero-order chi connectivity index (χ0) is 19.7. The molecule has 1 aliphatic rings. The van der Waals surface area contributed by atoms with Gasteiger partial charge in [-0.05, 0) is 44.0 Å². The fourth-order valence-electron chi connectivity index (χ4n) is 2.93. The Kier molecular flexibility index (Phi) is 5.09. The Hall–Kier alpha value is -2.80. The molecule has 0 spiro atoms. The molecule has 1 atom stereocenters. The Balaban J connectivity index is 1.80. The Morgan fingerprint density at radius 1 is 1.25 bits per heavy atom. The van der Waals surface area contributed by atoms with Crippen LogP contribution < -0.4 is 15.6 Å². The van der Waals surface area contributed by atoms with Crippen LogP contribution in [0.3, 0.4) is 0 Å². The molecule has 1 saturated carbocycles. The van der Waals surface area contributed by atoms with Gasteiger partial charge in [-0.2, -0.15) is 0 Å². The summed E-state index contributed by atoms with van der Waals surface area (Å²) in [6, 6.07) is 14.8. The summed E-state index contributed by atoms with van der Waals surface area (Å²) in [7, 11) is 1.58. The Morgan fingerprint density at radius 3 is 2.79 bits per heavy atom. The number of hydrogen-bond acceptors (Lipinski definition) is 5. The van der Waals surface area contributed by atoms with Crippen molar-refractivity contribution in [2.75, 3.05) is 7.11 Å². The fraction of sp³-hybridized carbons (Fsp3) is 0.286. The first-order valence-corrected chi connectivity index (χ1v) is 10.1. The maximum atomic E-state index is 13.3. The standard InChI is InChI=1S/C21H21N3O3S/c1-13(19(25)22-14-10-11-14)28-21-23-18-9-4-3-8-17(18)20(26)24(21)15-6-5-7-16(12-15)27-2/h3-9,12-14H,10-11H2,1-2H3,(H,22,25). The van der Waals surface area contributed by atoms with Crippen molar-refractivity contribution >= 4 is 28.6 Å².